The summed E-state index contributed by atoms with van der Waals surface area (Å²) in [5.74, 6) is -0.0383. The van der Waals surface area contributed by atoms with Crippen LogP contribution >= 0.6 is 11.6 Å². The van der Waals surface area contributed by atoms with E-state index in [4.69, 9.17) is 22.1 Å². The van der Waals surface area contributed by atoms with E-state index in [-0.39, 0.29) is 5.91 Å². The Balaban J connectivity index is 2.01. The fraction of sp³-hybridized carbons (Fsp3) is 0.533. The van der Waals surface area contributed by atoms with E-state index in [1.165, 1.54) is 0 Å². The van der Waals surface area contributed by atoms with Crippen LogP contribution in [0.25, 0.3) is 0 Å². The Morgan fingerprint density at radius 3 is 2.90 bits per heavy atom. The highest BCUT2D eigenvalue weighted by Gasteiger charge is 2.22. The standard InChI is InChI=1S/C15H22ClN3O2/c1-21-11-10-18-6-3-7-19(9-8-18)15(20)12-4-2-5-13(16)14(12)17/h2,4-5H,3,6-11,17H2,1H3. The molecule has 1 aliphatic heterocycles. The Bertz CT molecular complexity index is 496. The van der Waals surface area contributed by atoms with Crippen LogP contribution in [0.1, 0.15) is 16.8 Å². The van der Waals surface area contributed by atoms with Gasteiger partial charge in [-0.2, -0.15) is 0 Å². The van der Waals surface area contributed by atoms with Crippen molar-refractivity contribution in [3.05, 3.63) is 28.8 Å². The molecule has 0 spiro atoms. The van der Waals surface area contributed by atoms with Gasteiger partial charge in [0.2, 0.25) is 0 Å². The van der Waals surface area contributed by atoms with E-state index < -0.39 is 0 Å². The zero-order valence-corrected chi connectivity index (χ0v) is 13.1. The van der Waals surface area contributed by atoms with Crippen LogP contribution in [0.3, 0.4) is 0 Å². The summed E-state index contributed by atoms with van der Waals surface area (Å²) in [6.07, 6.45) is 0.954. The topological polar surface area (TPSA) is 58.8 Å². The number of anilines is 1. The third-order valence-electron chi connectivity index (χ3n) is 3.77. The maximum absolute atomic E-state index is 12.6. The van der Waals surface area contributed by atoms with E-state index >= 15 is 0 Å². The normalized spacial score (nSPS) is 16.8. The molecule has 21 heavy (non-hydrogen) atoms. The Hall–Kier alpha value is -1.30. The van der Waals surface area contributed by atoms with Crippen LogP contribution in [0.2, 0.25) is 5.02 Å². The first kappa shape index (κ1) is 16.1. The Kier molecular flexibility index (Phi) is 5.85. The number of hydrogen-bond donors (Lipinski definition) is 1. The average molecular weight is 312 g/mol. The van der Waals surface area contributed by atoms with Gasteiger partial charge in [0.1, 0.15) is 0 Å². The summed E-state index contributed by atoms with van der Waals surface area (Å²) in [6.45, 7) is 4.91. The summed E-state index contributed by atoms with van der Waals surface area (Å²) in [7, 11) is 1.70. The molecule has 0 saturated carbocycles. The number of amides is 1. The van der Waals surface area contributed by atoms with E-state index in [9.17, 15) is 4.79 Å². The van der Waals surface area contributed by atoms with E-state index in [1.54, 1.807) is 25.3 Å². The number of carbonyl (C=O) groups is 1. The second-order valence-corrected chi connectivity index (χ2v) is 5.59. The number of hydrogen-bond acceptors (Lipinski definition) is 4. The summed E-state index contributed by atoms with van der Waals surface area (Å²) in [6, 6.07) is 5.19. The minimum absolute atomic E-state index is 0.0383. The van der Waals surface area contributed by atoms with E-state index in [1.807, 2.05) is 4.90 Å². The third kappa shape index (κ3) is 4.09. The lowest BCUT2D eigenvalue weighted by Gasteiger charge is -2.22. The van der Waals surface area contributed by atoms with Crippen LogP contribution in [0.15, 0.2) is 18.2 Å². The van der Waals surface area contributed by atoms with Gasteiger partial charge in [-0.05, 0) is 25.1 Å². The molecular formula is C15H22ClN3O2. The fourth-order valence-corrected chi connectivity index (χ4v) is 2.69. The first-order chi connectivity index (χ1) is 10.1. The van der Waals surface area contributed by atoms with E-state index in [2.05, 4.69) is 4.90 Å². The lowest BCUT2D eigenvalue weighted by Crippen LogP contribution is -2.36. The van der Waals surface area contributed by atoms with Crippen LogP contribution in [-0.4, -0.2) is 62.1 Å². The van der Waals surface area contributed by atoms with Crippen molar-refractivity contribution in [2.24, 2.45) is 0 Å². The zero-order chi connectivity index (χ0) is 15.2. The van der Waals surface area contributed by atoms with Crippen molar-refractivity contribution in [2.75, 3.05) is 52.2 Å². The molecule has 0 aromatic heterocycles. The number of para-hydroxylation sites is 1. The number of nitrogens with zero attached hydrogens (tertiary/aromatic N) is 2. The van der Waals surface area contributed by atoms with E-state index in [0.29, 0.717) is 22.8 Å². The molecule has 1 fully saturated rings. The molecule has 2 N–H and O–H groups in total. The molecule has 1 heterocycles. The van der Waals surface area contributed by atoms with Crippen molar-refractivity contribution in [1.82, 2.24) is 9.80 Å². The Labute approximate surface area is 130 Å². The van der Waals surface area contributed by atoms with Crippen LogP contribution < -0.4 is 5.73 Å². The van der Waals surface area contributed by atoms with Crippen molar-refractivity contribution in [3.63, 3.8) is 0 Å². The van der Waals surface area contributed by atoms with Gasteiger partial charge in [-0.1, -0.05) is 17.7 Å². The van der Waals surface area contributed by atoms with Gasteiger partial charge < -0.3 is 15.4 Å². The molecule has 0 bridgehead atoms. The van der Waals surface area contributed by atoms with Gasteiger partial charge >= 0.3 is 0 Å². The fourth-order valence-electron chi connectivity index (χ4n) is 2.51. The van der Waals surface area contributed by atoms with Gasteiger partial charge in [-0.3, -0.25) is 9.69 Å². The van der Waals surface area contributed by atoms with Crippen LogP contribution in [-0.2, 0) is 4.74 Å². The van der Waals surface area contributed by atoms with Crippen molar-refractivity contribution in [3.8, 4) is 0 Å². The quantitative estimate of drug-likeness (QED) is 0.860. The number of benzene rings is 1. The first-order valence-electron chi connectivity index (χ1n) is 7.18. The Morgan fingerprint density at radius 1 is 1.33 bits per heavy atom. The predicted molar refractivity (Wildman–Crippen MR) is 84.7 cm³/mol. The molecule has 6 heteroatoms. The number of methoxy groups -OCH3 is 1. The average Bonchev–Trinajstić information content (AvgIpc) is 2.73. The molecule has 0 atom stereocenters. The molecule has 5 nitrogen and oxygen atoms in total. The molecule has 0 radical (unpaired) electrons. The summed E-state index contributed by atoms with van der Waals surface area (Å²) >= 11 is 5.99. The zero-order valence-electron chi connectivity index (χ0n) is 12.3. The molecule has 1 saturated heterocycles. The molecule has 1 aromatic carbocycles. The van der Waals surface area contributed by atoms with Crippen LogP contribution in [0.5, 0.6) is 0 Å². The number of ether oxygens (including phenoxy) is 1. The van der Waals surface area contributed by atoms with Gasteiger partial charge in [-0.15, -0.1) is 0 Å². The van der Waals surface area contributed by atoms with Gasteiger partial charge in [-0.25, -0.2) is 0 Å². The SMILES string of the molecule is COCCN1CCCN(C(=O)c2cccc(Cl)c2N)CC1. The lowest BCUT2D eigenvalue weighted by molar-refractivity contribution is 0.0760. The smallest absolute Gasteiger partial charge is 0.256 e. The van der Waals surface area contributed by atoms with E-state index in [0.717, 1.165) is 39.2 Å². The molecule has 0 aliphatic carbocycles. The first-order valence-corrected chi connectivity index (χ1v) is 7.56. The number of halogens is 1. The lowest BCUT2D eigenvalue weighted by atomic mass is 10.1. The molecule has 2 rings (SSSR count). The van der Waals surface area contributed by atoms with Gasteiger partial charge in [0.05, 0.1) is 22.9 Å². The molecule has 1 amide bonds. The highest BCUT2D eigenvalue weighted by atomic mass is 35.5. The maximum atomic E-state index is 12.6. The number of carbonyl (C=O) groups excluding carboxylic acids is 1. The number of nitrogen functional groups attached to an aromatic ring is 1. The van der Waals surface area contributed by atoms with Gasteiger partial charge in [0.15, 0.2) is 0 Å². The minimum atomic E-state index is -0.0383. The highest BCUT2D eigenvalue weighted by molar-refractivity contribution is 6.33. The highest BCUT2D eigenvalue weighted by Crippen LogP contribution is 2.24. The van der Waals surface area contributed by atoms with Crippen LogP contribution in [0, 0.1) is 0 Å². The second kappa shape index (κ2) is 7.64. The monoisotopic (exact) mass is 311 g/mol. The number of nitrogens with two attached hydrogens (primary N) is 1. The molecule has 1 aliphatic rings. The molecule has 116 valence electrons. The van der Waals surface area contributed by atoms with Crippen molar-refractivity contribution in [1.29, 1.82) is 0 Å². The van der Waals surface area contributed by atoms with Crippen molar-refractivity contribution in [2.45, 2.75) is 6.42 Å². The Morgan fingerprint density at radius 2 is 2.14 bits per heavy atom. The molecule has 0 unspecified atom stereocenters. The third-order valence-corrected chi connectivity index (χ3v) is 4.10. The summed E-state index contributed by atoms with van der Waals surface area (Å²) in [5.41, 5.74) is 6.77. The van der Waals surface area contributed by atoms with Crippen molar-refractivity contribution >= 4 is 23.2 Å². The summed E-state index contributed by atoms with van der Waals surface area (Å²) in [5, 5.41) is 0.428. The minimum Gasteiger partial charge on any atom is -0.397 e. The summed E-state index contributed by atoms with van der Waals surface area (Å²) in [4.78, 5) is 16.8. The predicted octanol–water partition coefficient (Wildman–Crippen LogP) is 1.72. The second-order valence-electron chi connectivity index (χ2n) is 5.18. The number of rotatable bonds is 4. The van der Waals surface area contributed by atoms with Crippen molar-refractivity contribution < 1.29 is 9.53 Å². The molecular weight excluding hydrogens is 290 g/mol. The molecule has 1 aromatic rings. The maximum Gasteiger partial charge on any atom is 0.256 e. The van der Waals surface area contributed by atoms with Gasteiger partial charge in [0.25, 0.3) is 5.91 Å². The van der Waals surface area contributed by atoms with Gasteiger partial charge in [0, 0.05) is 33.3 Å². The largest absolute Gasteiger partial charge is 0.397 e. The summed E-state index contributed by atoms with van der Waals surface area (Å²) < 4.78 is 5.10. The van der Waals surface area contributed by atoms with Crippen LogP contribution in [0.4, 0.5) is 5.69 Å².